The highest BCUT2D eigenvalue weighted by atomic mass is 15.4. The second-order valence-electron chi connectivity index (χ2n) is 3.74. The summed E-state index contributed by atoms with van der Waals surface area (Å²) in [7, 11) is 0. The molecule has 1 saturated heterocycles. The van der Waals surface area contributed by atoms with E-state index in [-0.39, 0.29) is 5.95 Å². The van der Waals surface area contributed by atoms with E-state index in [1.54, 1.807) is 0 Å². The third-order valence-electron chi connectivity index (χ3n) is 2.72. The molecule has 1 aliphatic heterocycles. The Morgan fingerprint density at radius 1 is 1.36 bits per heavy atom. The molecule has 6 nitrogen and oxygen atoms in total. The van der Waals surface area contributed by atoms with Crippen LogP contribution in [0.2, 0.25) is 0 Å². The molecule has 0 saturated carbocycles. The Morgan fingerprint density at radius 2 is 2.07 bits per heavy atom. The number of anilines is 1. The van der Waals surface area contributed by atoms with Crippen LogP contribution in [0.5, 0.6) is 0 Å². The summed E-state index contributed by atoms with van der Waals surface area (Å²) in [5.41, 5.74) is 5.50. The maximum absolute atomic E-state index is 5.67. The van der Waals surface area contributed by atoms with Gasteiger partial charge in [-0.1, -0.05) is 0 Å². The van der Waals surface area contributed by atoms with E-state index in [9.17, 15) is 0 Å². The first-order chi connectivity index (χ1) is 6.77. The fourth-order valence-corrected chi connectivity index (χ4v) is 1.82. The molecule has 14 heavy (non-hydrogen) atoms. The van der Waals surface area contributed by atoms with Crippen LogP contribution in [0.1, 0.15) is 18.7 Å². The van der Waals surface area contributed by atoms with Crippen molar-refractivity contribution in [2.75, 3.05) is 24.7 Å². The molecule has 0 spiro atoms. The van der Waals surface area contributed by atoms with Crippen molar-refractivity contribution in [1.29, 1.82) is 0 Å². The monoisotopic (exact) mass is 196 g/mol. The Balaban J connectivity index is 1.99. The van der Waals surface area contributed by atoms with Crippen LogP contribution >= 0.6 is 0 Å². The predicted octanol–water partition coefficient (Wildman–Crippen LogP) is -0.884. The van der Waals surface area contributed by atoms with Gasteiger partial charge in [-0.2, -0.15) is 0 Å². The Kier molecular flexibility index (Phi) is 2.53. The van der Waals surface area contributed by atoms with Gasteiger partial charge in [0.1, 0.15) is 0 Å². The molecule has 6 heteroatoms. The third-order valence-corrected chi connectivity index (χ3v) is 2.72. The van der Waals surface area contributed by atoms with Crippen LogP contribution in [0.25, 0.3) is 0 Å². The molecule has 0 atom stereocenters. The Bertz CT molecular complexity index is 301. The first kappa shape index (κ1) is 9.26. The van der Waals surface area contributed by atoms with Crippen molar-refractivity contribution < 1.29 is 0 Å². The zero-order valence-corrected chi connectivity index (χ0v) is 8.11. The van der Waals surface area contributed by atoms with Crippen LogP contribution in [-0.2, 0) is 6.42 Å². The van der Waals surface area contributed by atoms with Crippen LogP contribution in [-0.4, -0.2) is 28.0 Å². The molecule has 2 heterocycles. The second-order valence-corrected chi connectivity index (χ2v) is 3.74. The number of hydrogen-bond acceptors (Lipinski definition) is 5. The largest absolute Gasteiger partial charge is 0.366 e. The summed E-state index contributed by atoms with van der Waals surface area (Å²) in [6.07, 6.45) is 3.22. The van der Waals surface area contributed by atoms with Crippen LogP contribution in [0.15, 0.2) is 0 Å². The lowest BCUT2D eigenvalue weighted by Gasteiger charge is -2.21. The maximum Gasteiger partial charge on any atom is 0.240 e. The molecule has 0 unspecified atom stereocenters. The molecule has 0 radical (unpaired) electrons. The highest BCUT2D eigenvalue weighted by molar-refractivity contribution is 5.17. The fourth-order valence-electron chi connectivity index (χ4n) is 1.82. The molecule has 1 aromatic heterocycles. The minimum Gasteiger partial charge on any atom is -0.366 e. The first-order valence-corrected chi connectivity index (χ1v) is 4.93. The molecule has 5 N–H and O–H groups in total. The van der Waals surface area contributed by atoms with Crippen molar-refractivity contribution in [2.45, 2.75) is 19.3 Å². The summed E-state index contributed by atoms with van der Waals surface area (Å²) in [6, 6.07) is 0. The molecule has 1 aromatic rings. The van der Waals surface area contributed by atoms with Crippen LogP contribution in [0, 0.1) is 5.92 Å². The average molecular weight is 196 g/mol. The van der Waals surface area contributed by atoms with E-state index in [0.29, 0.717) is 5.92 Å². The van der Waals surface area contributed by atoms with E-state index in [0.717, 1.165) is 25.3 Å². The van der Waals surface area contributed by atoms with E-state index < -0.39 is 0 Å². The molecule has 0 aromatic carbocycles. The van der Waals surface area contributed by atoms with Crippen molar-refractivity contribution in [3.05, 3.63) is 5.82 Å². The number of aromatic nitrogens is 3. The second kappa shape index (κ2) is 3.83. The standard InChI is InChI=1S/C8H16N6/c9-8-13-12-7(14(8)10)5-6-1-3-11-4-2-6/h6,11H,1-5,10H2,(H2,9,13). The van der Waals surface area contributed by atoms with E-state index in [1.165, 1.54) is 17.5 Å². The molecular formula is C8H16N6. The van der Waals surface area contributed by atoms with Crippen molar-refractivity contribution >= 4 is 5.95 Å². The highest BCUT2D eigenvalue weighted by Gasteiger charge is 2.17. The molecule has 0 amide bonds. The van der Waals surface area contributed by atoms with Gasteiger partial charge in [-0.3, -0.25) is 0 Å². The average Bonchev–Trinajstić information content (AvgIpc) is 2.52. The number of hydrogen-bond donors (Lipinski definition) is 3. The molecule has 1 fully saturated rings. The Hall–Kier alpha value is -1.30. The van der Waals surface area contributed by atoms with Gasteiger partial charge in [0.15, 0.2) is 5.82 Å². The van der Waals surface area contributed by atoms with Gasteiger partial charge >= 0.3 is 0 Å². The zero-order valence-electron chi connectivity index (χ0n) is 8.11. The summed E-state index contributed by atoms with van der Waals surface area (Å²) in [5.74, 6) is 7.40. The molecule has 0 bridgehead atoms. The van der Waals surface area contributed by atoms with E-state index >= 15 is 0 Å². The van der Waals surface area contributed by atoms with E-state index in [2.05, 4.69) is 15.5 Å². The normalized spacial score (nSPS) is 18.6. The van der Waals surface area contributed by atoms with Gasteiger partial charge in [-0.15, -0.1) is 10.2 Å². The number of nitrogens with one attached hydrogen (secondary N) is 1. The lowest BCUT2D eigenvalue weighted by molar-refractivity contribution is 0.365. The van der Waals surface area contributed by atoms with Crippen molar-refractivity contribution in [1.82, 2.24) is 20.2 Å². The summed E-state index contributed by atoms with van der Waals surface area (Å²) in [5, 5.41) is 11.0. The molecule has 1 aliphatic rings. The lowest BCUT2D eigenvalue weighted by atomic mass is 9.94. The maximum atomic E-state index is 5.67. The van der Waals surface area contributed by atoms with Crippen molar-refractivity contribution in [2.24, 2.45) is 5.92 Å². The SMILES string of the molecule is Nc1nnc(CC2CCNCC2)n1N. The van der Waals surface area contributed by atoms with Crippen LogP contribution in [0.3, 0.4) is 0 Å². The number of nitrogen functional groups attached to an aromatic ring is 2. The van der Waals surface area contributed by atoms with Gasteiger partial charge in [-0.05, 0) is 31.8 Å². The predicted molar refractivity (Wildman–Crippen MR) is 53.9 cm³/mol. The Morgan fingerprint density at radius 3 is 2.64 bits per heavy atom. The number of piperidine rings is 1. The minimum atomic E-state index is 0.286. The van der Waals surface area contributed by atoms with E-state index in [4.69, 9.17) is 11.6 Å². The summed E-state index contributed by atoms with van der Waals surface area (Å²) in [6.45, 7) is 2.16. The Labute approximate surface area is 82.6 Å². The van der Waals surface area contributed by atoms with Gasteiger partial charge in [0, 0.05) is 6.42 Å². The van der Waals surface area contributed by atoms with Gasteiger partial charge in [-0.25, -0.2) is 4.68 Å². The van der Waals surface area contributed by atoms with Gasteiger partial charge in [0.2, 0.25) is 5.95 Å². The molecule has 0 aliphatic carbocycles. The number of rotatable bonds is 2. The smallest absolute Gasteiger partial charge is 0.240 e. The van der Waals surface area contributed by atoms with Crippen molar-refractivity contribution in [3.8, 4) is 0 Å². The summed E-state index contributed by atoms with van der Waals surface area (Å²) in [4.78, 5) is 0. The molecular weight excluding hydrogens is 180 g/mol. The highest BCUT2D eigenvalue weighted by Crippen LogP contribution is 2.16. The van der Waals surface area contributed by atoms with Gasteiger partial charge in [0.25, 0.3) is 0 Å². The zero-order chi connectivity index (χ0) is 9.97. The summed E-state index contributed by atoms with van der Waals surface area (Å²) < 4.78 is 1.38. The van der Waals surface area contributed by atoms with Gasteiger partial charge in [0.05, 0.1) is 0 Å². The topological polar surface area (TPSA) is 94.8 Å². The van der Waals surface area contributed by atoms with Gasteiger partial charge < -0.3 is 16.9 Å². The van der Waals surface area contributed by atoms with Crippen LogP contribution in [0.4, 0.5) is 5.95 Å². The quantitative estimate of drug-likeness (QED) is 0.534. The number of nitrogens with zero attached hydrogens (tertiary/aromatic N) is 3. The lowest BCUT2D eigenvalue weighted by Crippen LogP contribution is -2.29. The fraction of sp³-hybridized carbons (Fsp3) is 0.750. The third kappa shape index (κ3) is 1.79. The first-order valence-electron chi connectivity index (χ1n) is 4.93. The minimum absolute atomic E-state index is 0.286. The molecule has 78 valence electrons. The summed E-state index contributed by atoms with van der Waals surface area (Å²) >= 11 is 0. The van der Waals surface area contributed by atoms with Crippen molar-refractivity contribution in [3.63, 3.8) is 0 Å². The number of nitrogens with two attached hydrogens (primary N) is 2. The van der Waals surface area contributed by atoms with Crippen LogP contribution < -0.4 is 16.9 Å². The molecule has 2 rings (SSSR count). The van der Waals surface area contributed by atoms with E-state index in [1.807, 2.05) is 0 Å².